The van der Waals surface area contributed by atoms with Crippen molar-refractivity contribution in [2.24, 2.45) is 0 Å². The molecule has 1 rings (SSSR count). The van der Waals surface area contributed by atoms with Crippen LogP contribution in [0.15, 0.2) is 0 Å². The van der Waals surface area contributed by atoms with Crippen LogP contribution in [-0.2, 0) is 6.54 Å². The van der Waals surface area contributed by atoms with Crippen LogP contribution in [0.4, 0.5) is 4.79 Å². The van der Waals surface area contributed by atoms with Crippen molar-refractivity contribution in [2.45, 2.75) is 26.8 Å². The van der Waals surface area contributed by atoms with E-state index in [2.05, 4.69) is 15.6 Å². The Bertz CT molecular complexity index is 332. The van der Waals surface area contributed by atoms with E-state index in [9.17, 15) is 4.79 Å². The lowest BCUT2D eigenvalue weighted by Crippen LogP contribution is -2.35. The Labute approximate surface area is 98.9 Å². The number of hydrogen-bond acceptors (Lipinski definition) is 4. The molecular weight excluding hydrogens is 226 g/mol. The molecule has 90 valence electrons. The Morgan fingerprint density at radius 3 is 2.75 bits per heavy atom. The molecule has 1 aromatic heterocycles. The molecule has 5 nitrogen and oxygen atoms in total. The predicted molar refractivity (Wildman–Crippen MR) is 63.5 cm³/mol. The van der Waals surface area contributed by atoms with E-state index in [-0.39, 0.29) is 12.6 Å². The summed E-state index contributed by atoms with van der Waals surface area (Å²) < 4.78 is 0. The van der Waals surface area contributed by atoms with Gasteiger partial charge in [0.2, 0.25) is 0 Å². The van der Waals surface area contributed by atoms with E-state index in [1.807, 2.05) is 13.8 Å². The molecule has 1 heterocycles. The molecule has 2 amide bonds. The molecule has 0 bridgehead atoms. The summed E-state index contributed by atoms with van der Waals surface area (Å²) >= 11 is 1.59. The van der Waals surface area contributed by atoms with Crippen LogP contribution in [0.3, 0.4) is 0 Å². The monoisotopic (exact) mass is 243 g/mol. The van der Waals surface area contributed by atoms with Gasteiger partial charge in [-0.1, -0.05) is 0 Å². The van der Waals surface area contributed by atoms with Crippen LogP contribution in [0.2, 0.25) is 0 Å². The maximum absolute atomic E-state index is 11.3. The first-order chi connectivity index (χ1) is 7.63. The maximum Gasteiger partial charge on any atom is 0.315 e. The highest BCUT2D eigenvalue weighted by Crippen LogP contribution is 2.15. The van der Waals surface area contributed by atoms with Crippen molar-refractivity contribution in [3.63, 3.8) is 0 Å². The third kappa shape index (κ3) is 4.16. The number of urea groups is 1. The summed E-state index contributed by atoms with van der Waals surface area (Å²) in [5.41, 5.74) is 1.02. The lowest BCUT2D eigenvalue weighted by molar-refractivity contribution is 0.237. The fourth-order valence-corrected chi connectivity index (χ4v) is 1.99. The molecule has 0 radical (unpaired) electrons. The van der Waals surface area contributed by atoms with Crippen molar-refractivity contribution >= 4 is 17.4 Å². The number of aromatic nitrogens is 1. The normalized spacial score (nSPS) is 10.2. The number of hydrogen-bond donors (Lipinski definition) is 3. The van der Waals surface area contributed by atoms with Gasteiger partial charge in [-0.3, -0.25) is 0 Å². The number of carbonyl (C=O) groups is 1. The second-order valence-corrected chi connectivity index (χ2v) is 4.72. The van der Waals surface area contributed by atoms with Gasteiger partial charge in [0.15, 0.2) is 0 Å². The van der Waals surface area contributed by atoms with Gasteiger partial charge in [0.05, 0.1) is 12.2 Å². The summed E-state index contributed by atoms with van der Waals surface area (Å²) in [6, 6.07) is -0.223. The minimum Gasteiger partial charge on any atom is -0.396 e. The van der Waals surface area contributed by atoms with Crippen molar-refractivity contribution in [3.8, 4) is 0 Å². The zero-order valence-electron chi connectivity index (χ0n) is 9.54. The van der Waals surface area contributed by atoms with E-state index in [4.69, 9.17) is 5.11 Å². The van der Waals surface area contributed by atoms with Crippen LogP contribution in [0, 0.1) is 13.8 Å². The fraction of sp³-hybridized carbons (Fsp3) is 0.600. The van der Waals surface area contributed by atoms with Gasteiger partial charge in [0.1, 0.15) is 5.01 Å². The van der Waals surface area contributed by atoms with Gasteiger partial charge in [0.25, 0.3) is 0 Å². The first-order valence-corrected chi connectivity index (χ1v) is 6.00. The largest absolute Gasteiger partial charge is 0.396 e. The molecule has 16 heavy (non-hydrogen) atoms. The molecule has 0 saturated carbocycles. The SMILES string of the molecule is Cc1nc(CNC(=O)NCCCO)sc1C. The molecule has 0 aliphatic carbocycles. The summed E-state index contributed by atoms with van der Waals surface area (Å²) in [4.78, 5) is 16.7. The minimum atomic E-state index is -0.223. The van der Waals surface area contributed by atoms with E-state index in [0.717, 1.165) is 10.7 Å². The number of aryl methyl sites for hydroxylation is 2. The van der Waals surface area contributed by atoms with Crippen molar-refractivity contribution in [2.75, 3.05) is 13.2 Å². The van der Waals surface area contributed by atoms with Crippen molar-refractivity contribution in [1.82, 2.24) is 15.6 Å². The quantitative estimate of drug-likeness (QED) is 0.674. The summed E-state index contributed by atoms with van der Waals surface area (Å²) in [7, 11) is 0. The highest BCUT2D eigenvalue weighted by Gasteiger charge is 2.05. The Morgan fingerprint density at radius 2 is 2.19 bits per heavy atom. The number of nitrogens with one attached hydrogen (secondary N) is 2. The summed E-state index contributed by atoms with van der Waals surface area (Å²) in [5.74, 6) is 0. The molecule has 6 heteroatoms. The van der Waals surface area contributed by atoms with E-state index in [0.29, 0.717) is 19.5 Å². The van der Waals surface area contributed by atoms with E-state index < -0.39 is 0 Å². The van der Waals surface area contributed by atoms with Crippen LogP contribution in [0.5, 0.6) is 0 Å². The molecule has 3 N–H and O–H groups in total. The molecule has 0 aromatic carbocycles. The number of rotatable bonds is 5. The zero-order valence-corrected chi connectivity index (χ0v) is 10.4. The highest BCUT2D eigenvalue weighted by atomic mass is 32.1. The van der Waals surface area contributed by atoms with Gasteiger partial charge >= 0.3 is 6.03 Å². The van der Waals surface area contributed by atoms with Crippen molar-refractivity contribution in [1.29, 1.82) is 0 Å². The summed E-state index contributed by atoms with van der Waals surface area (Å²) in [5, 5.41) is 14.8. The molecule has 0 fully saturated rings. The van der Waals surface area contributed by atoms with Crippen LogP contribution >= 0.6 is 11.3 Å². The first-order valence-electron chi connectivity index (χ1n) is 5.19. The molecule has 0 saturated heterocycles. The standard InChI is InChI=1S/C10H17N3O2S/c1-7-8(2)16-9(13-7)6-12-10(15)11-4-3-5-14/h14H,3-6H2,1-2H3,(H2,11,12,15). The summed E-state index contributed by atoms with van der Waals surface area (Å²) in [6.45, 7) is 4.99. The topological polar surface area (TPSA) is 74.2 Å². The van der Waals surface area contributed by atoms with Gasteiger partial charge in [-0.25, -0.2) is 9.78 Å². The molecule has 1 aromatic rings. The number of nitrogens with zero attached hydrogens (tertiary/aromatic N) is 1. The number of carbonyl (C=O) groups excluding carboxylic acids is 1. The number of aliphatic hydroxyl groups is 1. The van der Waals surface area contributed by atoms with E-state index in [1.165, 1.54) is 4.88 Å². The first kappa shape index (κ1) is 12.9. The number of aliphatic hydroxyl groups excluding tert-OH is 1. The van der Waals surface area contributed by atoms with Crippen molar-refractivity contribution in [3.05, 3.63) is 15.6 Å². The van der Waals surface area contributed by atoms with Crippen LogP contribution in [0.1, 0.15) is 22.0 Å². The predicted octanol–water partition coefficient (Wildman–Crippen LogP) is 0.942. The molecule has 0 unspecified atom stereocenters. The highest BCUT2D eigenvalue weighted by molar-refractivity contribution is 7.11. The van der Waals surface area contributed by atoms with Gasteiger partial charge in [-0.05, 0) is 20.3 Å². The van der Waals surface area contributed by atoms with E-state index >= 15 is 0 Å². The molecule has 0 aliphatic heterocycles. The van der Waals surface area contributed by atoms with Crippen LogP contribution in [0.25, 0.3) is 0 Å². The van der Waals surface area contributed by atoms with Crippen LogP contribution in [-0.4, -0.2) is 29.3 Å². The Morgan fingerprint density at radius 1 is 1.44 bits per heavy atom. The third-order valence-corrected chi connectivity index (χ3v) is 3.17. The Kier molecular flexibility index (Phi) is 5.21. The second-order valence-electron chi connectivity index (χ2n) is 3.44. The van der Waals surface area contributed by atoms with Gasteiger partial charge < -0.3 is 15.7 Å². The van der Waals surface area contributed by atoms with E-state index in [1.54, 1.807) is 11.3 Å². The second kappa shape index (κ2) is 6.44. The lowest BCUT2D eigenvalue weighted by atomic mass is 10.4. The lowest BCUT2D eigenvalue weighted by Gasteiger charge is -2.04. The van der Waals surface area contributed by atoms with Gasteiger partial charge in [-0.15, -0.1) is 11.3 Å². The average molecular weight is 243 g/mol. The molecule has 0 atom stereocenters. The smallest absolute Gasteiger partial charge is 0.315 e. The Balaban J connectivity index is 2.26. The third-order valence-electron chi connectivity index (χ3n) is 2.09. The maximum atomic E-state index is 11.3. The summed E-state index contributed by atoms with van der Waals surface area (Å²) in [6.07, 6.45) is 0.572. The molecule has 0 aliphatic rings. The number of amides is 2. The molecule has 0 spiro atoms. The van der Waals surface area contributed by atoms with Gasteiger partial charge in [-0.2, -0.15) is 0 Å². The molecular formula is C10H17N3O2S. The fourth-order valence-electron chi connectivity index (χ4n) is 1.11. The van der Waals surface area contributed by atoms with Crippen molar-refractivity contribution < 1.29 is 9.90 Å². The van der Waals surface area contributed by atoms with Gasteiger partial charge in [0, 0.05) is 18.0 Å². The minimum absolute atomic E-state index is 0.0884. The zero-order chi connectivity index (χ0) is 12.0. The van der Waals surface area contributed by atoms with Crippen LogP contribution < -0.4 is 10.6 Å². The Hall–Kier alpha value is -1.14. The number of thiazole rings is 1. The average Bonchev–Trinajstić information content (AvgIpc) is 2.56.